The monoisotopic (exact) mass is 249 g/mol. The SMILES string of the molecule is N#Cc1c(N)c(O)c([N+](=O)[O-])c(C#N)c1[N+](=O)[O-]. The lowest BCUT2D eigenvalue weighted by Gasteiger charge is -2.05. The van der Waals surface area contributed by atoms with Crippen LogP contribution in [0.15, 0.2) is 0 Å². The molecule has 0 unspecified atom stereocenters. The van der Waals surface area contributed by atoms with Crippen LogP contribution in [0.5, 0.6) is 5.75 Å². The van der Waals surface area contributed by atoms with Crippen molar-refractivity contribution in [3.63, 3.8) is 0 Å². The van der Waals surface area contributed by atoms with E-state index in [-0.39, 0.29) is 0 Å². The molecule has 0 heterocycles. The highest BCUT2D eigenvalue weighted by atomic mass is 16.6. The second kappa shape index (κ2) is 4.23. The molecule has 90 valence electrons. The third-order valence-corrected chi connectivity index (χ3v) is 2.05. The lowest BCUT2D eigenvalue weighted by atomic mass is 10.0. The molecule has 1 aromatic rings. The van der Waals surface area contributed by atoms with Gasteiger partial charge < -0.3 is 10.8 Å². The van der Waals surface area contributed by atoms with E-state index in [1.807, 2.05) is 0 Å². The molecule has 0 atom stereocenters. The molecule has 0 radical (unpaired) electrons. The van der Waals surface area contributed by atoms with Crippen molar-refractivity contribution in [1.29, 1.82) is 10.5 Å². The Morgan fingerprint density at radius 1 is 1.06 bits per heavy atom. The first-order valence-corrected chi connectivity index (χ1v) is 4.14. The molecule has 0 aliphatic carbocycles. The summed E-state index contributed by atoms with van der Waals surface area (Å²) in [7, 11) is 0. The number of nitrogens with two attached hydrogens (primary N) is 1. The van der Waals surface area contributed by atoms with Gasteiger partial charge in [0.05, 0.1) is 9.85 Å². The van der Waals surface area contributed by atoms with Crippen LogP contribution in [0.3, 0.4) is 0 Å². The van der Waals surface area contributed by atoms with E-state index < -0.39 is 43.8 Å². The van der Waals surface area contributed by atoms with Crippen LogP contribution in [0, 0.1) is 42.9 Å². The normalized spacial score (nSPS) is 9.22. The van der Waals surface area contributed by atoms with Crippen molar-refractivity contribution in [3.05, 3.63) is 31.4 Å². The molecule has 0 aliphatic heterocycles. The molecule has 1 aromatic carbocycles. The number of anilines is 1. The van der Waals surface area contributed by atoms with E-state index in [9.17, 15) is 25.3 Å². The number of nitro benzene ring substituents is 2. The molecule has 10 nitrogen and oxygen atoms in total. The summed E-state index contributed by atoms with van der Waals surface area (Å²) in [5.74, 6) is -1.14. The minimum absolute atomic E-state index is 0.792. The summed E-state index contributed by atoms with van der Waals surface area (Å²) in [5, 5.41) is 48.2. The lowest BCUT2D eigenvalue weighted by molar-refractivity contribution is -0.395. The van der Waals surface area contributed by atoms with Gasteiger partial charge in [0.25, 0.3) is 0 Å². The van der Waals surface area contributed by atoms with Gasteiger partial charge in [-0.15, -0.1) is 0 Å². The molecule has 0 aliphatic rings. The van der Waals surface area contributed by atoms with Crippen molar-refractivity contribution >= 4 is 17.1 Å². The van der Waals surface area contributed by atoms with Crippen molar-refractivity contribution in [3.8, 4) is 17.9 Å². The zero-order chi connectivity index (χ0) is 14.0. The Balaban J connectivity index is 4.04. The van der Waals surface area contributed by atoms with Gasteiger partial charge in [-0.2, -0.15) is 10.5 Å². The van der Waals surface area contributed by atoms with Crippen molar-refractivity contribution in [2.75, 3.05) is 5.73 Å². The van der Waals surface area contributed by atoms with E-state index in [1.165, 1.54) is 12.1 Å². The third-order valence-electron chi connectivity index (χ3n) is 2.05. The van der Waals surface area contributed by atoms with E-state index in [0.717, 1.165) is 0 Å². The second-order valence-electron chi connectivity index (χ2n) is 2.95. The smallest absolute Gasteiger partial charge is 0.337 e. The minimum Gasteiger partial charge on any atom is -0.501 e. The third kappa shape index (κ3) is 1.60. The average molecular weight is 249 g/mol. The number of phenols is 1. The van der Waals surface area contributed by atoms with E-state index >= 15 is 0 Å². The summed E-state index contributed by atoms with van der Waals surface area (Å²) in [6.45, 7) is 0. The molecule has 3 N–H and O–H groups in total. The first-order valence-electron chi connectivity index (χ1n) is 4.14. The van der Waals surface area contributed by atoms with E-state index in [4.69, 9.17) is 16.3 Å². The van der Waals surface area contributed by atoms with Gasteiger partial charge in [0.1, 0.15) is 17.8 Å². The van der Waals surface area contributed by atoms with Crippen molar-refractivity contribution < 1.29 is 15.0 Å². The Morgan fingerprint density at radius 3 is 1.83 bits per heavy atom. The maximum atomic E-state index is 10.7. The Morgan fingerprint density at radius 2 is 1.50 bits per heavy atom. The minimum atomic E-state index is -1.19. The zero-order valence-corrected chi connectivity index (χ0v) is 8.45. The number of benzene rings is 1. The van der Waals surface area contributed by atoms with Gasteiger partial charge in [-0.05, 0) is 0 Å². The molecule has 0 saturated carbocycles. The highest BCUT2D eigenvalue weighted by molar-refractivity contribution is 5.83. The number of phenolic OH excluding ortho intramolecular Hbond substituents is 1. The molecular formula is C8H3N5O5. The van der Waals surface area contributed by atoms with Crippen LogP contribution >= 0.6 is 0 Å². The molecule has 0 aromatic heterocycles. The number of hydrogen-bond donors (Lipinski definition) is 2. The number of hydrogen-bond acceptors (Lipinski definition) is 8. The number of aromatic hydroxyl groups is 1. The molecule has 0 amide bonds. The molecular weight excluding hydrogens is 246 g/mol. The quantitative estimate of drug-likeness (QED) is 0.329. The Labute approximate surface area is 98.4 Å². The summed E-state index contributed by atoms with van der Waals surface area (Å²) in [6, 6.07) is 2.55. The van der Waals surface area contributed by atoms with Crippen molar-refractivity contribution in [1.82, 2.24) is 0 Å². The highest BCUT2D eigenvalue weighted by Gasteiger charge is 2.36. The van der Waals surface area contributed by atoms with Gasteiger partial charge in [0.15, 0.2) is 5.56 Å². The Kier molecular flexibility index (Phi) is 2.98. The van der Waals surface area contributed by atoms with Gasteiger partial charge in [0.2, 0.25) is 11.3 Å². The molecule has 0 bridgehead atoms. The van der Waals surface area contributed by atoms with Crippen molar-refractivity contribution in [2.45, 2.75) is 0 Å². The van der Waals surface area contributed by atoms with Crippen LogP contribution in [0.1, 0.15) is 11.1 Å². The van der Waals surface area contributed by atoms with Crippen LogP contribution in [0.2, 0.25) is 0 Å². The maximum absolute atomic E-state index is 10.7. The number of nitriles is 2. The molecule has 1 rings (SSSR count). The number of nitrogen functional groups attached to an aromatic ring is 1. The molecule has 10 heteroatoms. The highest BCUT2D eigenvalue weighted by Crippen LogP contribution is 2.43. The fourth-order valence-corrected chi connectivity index (χ4v) is 1.31. The topological polar surface area (TPSA) is 180 Å². The standard InChI is InChI=1S/C8H3N5O5/c9-1-3-5(11)8(14)7(13(17)18)4(2-10)6(3)12(15)16/h14H,11H2. The fourth-order valence-electron chi connectivity index (χ4n) is 1.31. The largest absolute Gasteiger partial charge is 0.501 e. The number of rotatable bonds is 2. The van der Waals surface area contributed by atoms with E-state index in [0.29, 0.717) is 0 Å². The fraction of sp³-hybridized carbons (Fsp3) is 0. The summed E-state index contributed by atoms with van der Waals surface area (Å²) in [6.07, 6.45) is 0. The molecule has 0 saturated heterocycles. The Hall–Kier alpha value is -3.40. The maximum Gasteiger partial charge on any atom is 0.337 e. The first kappa shape index (κ1) is 12.7. The van der Waals surface area contributed by atoms with Crippen molar-refractivity contribution in [2.24, 2.45) is 0 Å². The lowest BCUT2D eigenvalue weighted by Crippen LogP contribution is -2.05. The average Bonchev–Trinajstić information content (AvgIpc) is 2.30. The summed E-state index contributed by atoms with van der Waals surface area (Å²) >= 11 is 0. The first-order chi connectivity index (χ1) is 8.36. The van der Waals surface area contributed by atoms with Crippen LogP contribution < -0.4 is 5.73 Å². The molecule has 18 heavy (non-hydrogen) atoms. The van der Waals surface area contributed by atoms with E-state index in [1.54, 1.807) is 0 Å². The molecule has 0 fully saturated rings. The van der Waals surface area contributed by atoms with Crippen LogP contribution in [0.25, 0.3) is 0 Å². The van der Waals surface area contributed by atoms with Crippen LogP contribution in [-0.2, 0) is 0 Å². The summed E-state index contributed by atoms with van der Waals surface area (Å²) < 4.78 is 0. The predicted octanol–water partition coefficient (Wildman–Crippen LogP) is 0.534. The Bertz CT molecular complexity index is 654. The van der Waals surface area contributed by atoms with Gasteiger partial charge >= 0.3 is 11.4 Å². The van der Waals surface area contributed by atoms with E-state index in [2.05, 4.69) is 0 Å². The second-order valence-corrected chi connectivity index (χ2v) is 2.95. The van der Waals surface area contributed by atoms with Crippen LogP contribution in [0.4, 0.5) is 17.1 Å². The molecule has 0 spiro atoms. The van der Waals surface area contributed by atoms with Gasteiger partial charge in [-0.25, -0.2) is 0 Å². The number of nitro groups is 2. The van der Waals surface area contributed by atoms with Gasteiger partial charge in [0, 0.05) is 0 Å². The number of nitrogens with zero attached hydrogens (tertiary/aromatic N) is 4. The summed E-state index contributed by atoms with van der Waals surface area (Å²) in [4.78, 5) is 19.1. The van der Waals surface area contributed by atoms with Gasteiger partial charge in [-0.3, -0.25) is 20.2 Å². The van der Waals surface area contributed by atoms with Crippen LogP contribution in [-0.4, -0.2) is 15.0 Å². The zero-order valence-electron chi connectivity index (χ0n) is 8.45. The van der Waals surface area contributed by atoms with Gasteiger partial charge in [-0.1, -0.05) is 0 Å². The summed E-state index contributed by atoms with van der Waals surface area (Å²) in [5.41, 5.74) is 0.292. The predicted molar refractivity (Wildman–Crippen MR) is 55.3 cm³/mol.